The van der Waals surface area contributed by atoms with Crippen LogP contribution in [0.2, 0.25) is 0 Å². The third-order valence-electron chi connectivity index (χ3n) is 5.96. The van der Waals surface area contributed by atoms with E-state index in [0.29, 0.717) is 11.9 Å². The van der Waals surface area contributed by atoms with Crippen LogP contribution in [-0.4, -0.2) is 11.9 Å². The van der Waals surface area contributed by atoms with Gasteiger partial charge in [0, 0.05) is 11.5 Å². The number of nitrogens with one attached hydrogen (secondary N) is 1. The molecule has 17 heavy (non-hydrogen) atoms. The molecule has 0 saturated heterocycles. The molecule has 1 amide bonds. The summed E-state index contributed by atoms with van der Waals surface area (Å²) in [5.41, 5.74) is 0.0737. The molecule has 0 atom stereocenters. The lowest BCUT2D eigenvalue weighted by Crippen LogP contribution is -2.56. The third-order valence-corrected chi connectivity index (χ3v) is 5.96. The topological polar surface area (TPSA) is 29.1 Å². The van der Waals surface area contributed by atoms with Gasteiger partial charge >= 0.3 is 0 Å². The van der Waals surface area contributed by atoms with Gasteiger partial charge in [-0.05, 0) is 75.5 Å². The zero-order chi connectivity index (χ0) is 11.5. The van der Waals surface area contributed by atoms with Crippen molar-refractivity contribution in [1.29, 1.82) is 0 Å². The molecular weight excluding hydrogens is 210 g/mol. The Morgan fingerprint density at radius 1 is 0.941 bits per heavy atom. The van der Waals surface area contributed by atoms with E-state index in [0.717, 1.165) is 17.8 Å². The summed E-state index contributed by atoms with van der Waals surface area (Å²) in [5.74, 6) is 3.08. The van der Waals surface area contributed by atoms with Gasteiger partial charge in [0.15, 0.2) is 0 Å². The van der Waals surface area contributed by atoms with Gasteiger partial charge in [0.25, 0.3) is 0 Å². The lowest BCUT2D eigenvalue weighted by atomic mass is 9.49. The van der Waals surface area contributed by atoms with Gasteiger partial charge in [-0.25, -0.2) is 0 Å². The van der Waals surface area contributed by atoms with Crippen molar-refractivity contribution in [2.75, 3.05) is 0 Å². The third kappa shape index (κ3) is 1.56. The smallest absolute Gasteiger partial charge is 0.226 e. The second-order valence-electron chi connectivity index (χ2n) is 7.30. The number of carbonyl (C=O) groups is 1. The van der Waals surface area contributed by atoms with Crippen molar-refractivity contribution in [1.82, 2.24) is 5.32 Å². The molecule has 94 valence electrons. The van der Waals surface area contributed by atoms with Crippen molar-refractivity contribution in [2.45, 2.75) is 63.8 Å². The molecule has 5 aliphatic rings. The van der Waals surface area contributed by atoms with Gasteiger partial charge in [0.1, 0.15) is 0 Å². The highest BCUT2D eigenvalue weighted by atomic mass is 16.2. The van der Waals surface area contributed by atoms with Crippen molar-refractivity contribution in [3.05, 3.63) is 0 Å². The zero-order valence-electron chi connectivity index (χ0n) is 10.6. The van der Waals surface area contributed by atoms with Gasteiger partial charge in [0.05, 0.1) is 0 Å². The molecule has 2 nitrogen and oxygen atoms in total. The molecular formula is C15H23NO. The van der Waals surface area contributed by atoms with Gasteiger partial charge < -0.3 is 5.32 Å². The fourth-order valence-electron chi connectivity index (χ4n) is 5.28. The minimum absolute atomic E-state index is 0.0737. The number of rotatable bonds is 2. The number of carbonyl (C=O) groups excluding carboxylic acids is 1. The first-order chi connectivity index (χ1) is 8.23. The summed E-state index contributed by atoms with van der Waals surface area (Å²) in [4.78, 5) is 12.6. The molecule has 5 saturated carbocycles. The van der Waals surface area contributed by atoms with Crippen molar-refractivity contribution in [2.24, 2.45) is 23.2 Å². The molecule has 5 fully saturated rings. The Balaban J connectivity index is 1.53. The summed E-state index contributed by atoms with van der Waals surface area (Å²) in [6.07, 6.45) is 11.6. The van der Waals surface area contributed by atoms with Crippen LogP contribution >= 0.6 is 0 Å². The maximum Gasteiger partial charge on any atom is 0.226 e. The molecule has 0 aromatic rings. The van der Waals surface area contributed by atoms with Crippen LogP contribution in [0.5, 0.6) is 0 Å². The highest BCUT2D eigenvalue weighted by Gasteiger charge is 2.54. The minimum Gasteiger partial charge on any atom is -0.353 e. The molecule has 5 rings (SSSR count). The first-order valence-electron chi connectivity index (χ1n) is 7.54. The van der Waals surface area contributed by atoms with Crippen LogP contribution in [-0.2, 0) is 4.79 Å². The lowest BCUT2D eigenvalue weighted by Gasteiger charge is -2.56. The largest absolute Gasteiger partial charge is 0.353 e. The van der Waals surface area contributed by atoms with E-state index in [4.69, 9.17) is 0 Å². The lowest BCUT2D eigenvalue weighted by molar-refractivity contribution is -0.147. The molecule has 5 aliphatic carbocycles. The number of hydrogen-bond acceptors (Lipinski definition) is 1. The second-order valence-corrected chi connectivity index (χ2v) is 7.30. The highest BCUT2D eigenvalue weighted by Crippen LogP contribution is 2.60. The summed E-state index contributed by atoms with van der Waals surface area (Å²) in [7, 11) is 0. The van der Waals surface area contributed by atoms with Gasteiger partial charge in [-0.1, -0.05) is 0 Å². The minimum atomic E-state index is 0.0737. The van der Waals surface area contributed by atoms with E-state index in [2.05, 4.69) is 5.32 Å². The summed E-state index contributed by atoms with van der Waals surface area (Å²) in [6.45, 7) is 0. The monoisotopic (exact) mass is 233 g/mol. The predicted octanol–water partition coefficient (Wildman–Crippen LogP) is 2.87. The fourth-order valence-corrected chi connectivity index (χ4v) is 5.28. The molecule has 0 unspecified atom stereocenters. The Morgan fingerprint density at radius 2 is 1.47 bits per heavy atom. The number of amides is 1. The molecule has 4 bridgehead atoms. The van der Waals surface area contributed by atoms with E-state index in [1.807, 2.05) is 0 Å². The first kappa shape index (κ1) is 10.4. The van der Waals surface area contributed by atoms with E-state index in [1.165, 1.54) is 57.8 Å². The first-order valence-corrected chi connectivity index (χ1v) is 7.54. The molecule has 0 spiro atoms. The Kier molecular flexibility index (Phi) is 2.13. The van der Waals surface area contributed by atoms with Crippen LogP contribution in [0.4, 0.5) is 0 Å². The Bertz CT molecular complexity index is 310. The molecule has 0 aromatic carbocycles. The zero-order valence-corrected chi connectivity index (χ0v) is 10.6. The van der Waals surface area contributed by atoms with E-state index in [9.17, 15) is 4.79 Å². The van der Waals surface area contributed by atoms with Crippen LogP contribution in [0, 0.1) is 23.2 Å². The van der Waals surface area contributed by atoms with Crippen LogP contribution in [0.1, 0.15) is 57.8 Å². The normalized spacial score (nSPS) is 47.9. The van der Waals surface area contributed by atoms with Crippen LogP contribution in [0.15, 0.2) is 0 Å². The summed E-state index contributed by atoms with van der Waals surface area (Å²) in [6, 6.07) is 0.524. The molecule has 0 radical (unpaired) electrons. The Morgan fingerprint density at radius 3 is 1.88 bits per heavy atom. The van der Waals surface area contributed by atoms with E-state index in [-0.39, 0.29) is 5.41 Å². The van der Waals surface area contributed by atoms with Gasteiger partial charge in [-0.3, -0.25) is 4.79 Å². The summed E-state index contributed by atoms with van der Waals surface area (Å²) < 4.78 is 0. The Labute approximate surface area is 104 Å². The van der Waals surface area contributed by atoms with Crippen LogP contribution in [0.25, 0.3) is 0 Å². The molecule has 1 N–H and O–H groups in total. The number of hydrogen-bond donors (Lipinski definition) is 1. The van der Waals surface area contributed by atoms with E-state index < -0.39 is 0 Å². The standard InChI is InChI=1S/C15H23NO/c17-14(16-13-2-1-3-13)15-7-10-4-11(8-15)6-12(5-10)9-15/h10-13H,1-9H2,(H,16,17). The van der Waals surface area contributed by atoms with E-state index >= 15 is 0 Å². The average Bonchev–Trinajstić information content (AvgIpc) is 2.21. The van der Waals surface area contributed by atoms with Crippen molar-refractivity contribution in [3.8, 4) is 0 Å². The van der Waals surface area contributed by atoms with Crippen molar-refractivity contribution >= 4 is 5.91 Å². The van der Waals surface area contributed by atoms with Crippen LogP contribution in [0.3, 0.4) is 0 Å². The molecule has 0 aromatic heterocycles. The predicted molar refractivity (Wildman–Crippen MR) is 66.4 cm³/mol. The average molecular weight is 233 g/mol. The molecule has 2 heteroatoms. The summed E-state index contributed by atoms with van der Waals surface area (Å²) >= 11 is 0. The van der Waals surface area contributed by atoms with E-state index in [1.54, 1.807) is 0 Å². The fraction of sp³-hybridized carbons (Fsp3) is 0.933. The quantitative estimate of drug-likeness (QED) is 0.780. The second kappa shape index (κ2) is 3.49. The van der Waals surface area contributed by atoms with Crippen molar-refractivity contribution < 1.29 is 4.79 Å². The Hall–Kier alpha value is -0.530. The maximum atomic E-state index is 12.6. The van der Waals surface area contributed by atoms with Gasteiger partial charge in [-0.2, -0.15) is 0 Å². The van der Waals surface area contributed by atoms with Crippen molar-refractivity contribution in [3.63, 3.8) is 0 Å². The summed E-state index contributed by atoms with van der Waals surface area (Å²) in [5, 5.41) is 3.33. The molecule has 0 aliphatic heterocycles. The SMILES string of the molecule is O=C(NC1CCC1)C12CC3CC(CC(C3)C1)C2. The van der Waals surface area contributed by atoms with Crippen LogP contribution < -0.4 is 5.32 Å². The highest BCUT2D eigenvalue weighted by molar-refractivity contribution is 5.83. The van der Waals surface area contributed by atoms with Gasteiger partial charge in [0.2, 0.25) is 5.91 Å². The maximum absolute atomic E-state index is 12.6. The molecule has 0 heterocycles. The van der Waals surface area contributed by atoms with Gasteiger partial charge in [-0.15, -0.1) is 0 Å².